The molecule has 4 fully saturated rings. The zero-order chi connectivity index (χ0) is 49.4. The number of hydrogen-bond acceptors (Lipinski definition) is 14. The first kappa shape index (κ1) is 48.7. The van der Waals surface area contributed by atoms with Gasteiger partial charge in [-0.2, -0.15) is 4.98 Å². The molecule has 3 aromatic carbocycles. The van der Waals surface area contributed by atoms with Crippen molar-refractivity contribution in [3.8, 4) is 11.6 Å². The number of H-pyrrole nitrogens is 1. The predicted molar refractivity (Wildman–Crippen MR) is 272 cm³/mol. The summed E-state index contributed by atoms with van der Waals surface area (Å²) in [6.45, 7) is 10.8. The van der Waals surface area contributed by atoms with Crippen LogP contribution < -0.4 is 29.3 Å². The summed E-state index contributed by atoms with van der Waals surface area (Å²) in [5.74, 6) is 1.13. The van der Waals surface area contributed by atoms with Crippen LogP contribution in [0.25, 0.3) is 11.0 Å². The number of piperidine rings is 2. The number of nitro benzene ring substituents is 1. The molecule has 0 spiro atoms. The summed E-state index contributed by atoms with van der Waals surface area (Å²) in [5.41, 5.74) is 3.08. The molecule has 17 nitrogen and oxygen atoms in total. The molecular weight excluding hydrogens is 925 g/mol. The summed E-state index contributed by atoms with van der Waals surface area (Å²) in [7, 11) is -4.62. The molecule has 18 heteroatoms. The fourth-order valence-electron chi connectivity index (χ4n) is 11.4. The molecule has 3 atom stereocenters. The topological polar surface area (TPSA) is 205 Å². The van der Waals surface area contributed by atoms with Crippen LogP contribution in [0.2, 0.25) is 0 Å². The maximum absolute atomic E-state index is 14.7. The highest BCUT2D eigenvalue weighted by Gasteiger charge is 2.42. The number of aromatic nitrogens is 2. The summed E-state index contributed by atoms with van der Waals surface area (Å²) < 4.78 is 49.3. The number of carbonyl (C=O) groups is 1. The van der Waals surface area contributed by atoms with Crippen LogP contribution in [0.5, 0.6) is 11.6 Å². The number of nitrogens with one attached hydrogen (secondary N) is 3. The number of benzene rings is 3. The van der Waals surface area contributed by atoms with E-state index >= 15 is 0 Å². The lowest BCUT2D eigenvalue weighted by molar-refractivity contribution is -0.384. The maximum atomic E-state index is 14.7. The predicted octanol–water partition coefficient (Wildman–Crippen LogP) is 8.86. The van der Waals surface area contributed by atoms with Gasteiger partial charge >= 0.3 is 0 Å². The average molecular weight is 991 g/mol. The van der Waals surface area contributed by atoms with Gasteiger partial charge in [0.1, 0.15) is 28.9 Å². The molecule has 6 heterocycles. The first-order valence-corrected chi connectivity index (χ1v) is 26.9. The third-order valence-electron chi connectivity index (χ3n) is 15.3. The first-order valence-electron chi connectivity index (χ1n) is 25.4. The average Bonchev–Trinajstić information content (AvgIpc) is 3.82. The molecule has 1 aliphatic carbocycles. The Balaban J connectivity index is 0.925. The van der Waals surface area contributed by atoms with Gasteiger partial charge in [0.25, 0.3) is 21.6 Å². The molecule has 71 heavy (non-hydrogen) atoms. The number of nitrogens with zero attached hydrogens (tertiary/aromatic N) is 5. The van der Waals surface area contributed by atoms with E-state index < -0.39 is 43.1 Å². The van der Waals surface area contributed by atoms with Gasteiger partial charge in [-0.25, -0.2) is 13.1 Å². The van der Waals surface area contributed by atoms with E-state index in [0.29, 0.717) is 73.9 Å². The van der Waals surface area contributed by atoms with Crippen molar-refractivity contribution in [3.63, 3.8) is 0 Å². The highest BCUT2D eigenvalue weighted by Crippen LogP contribution is 2.46. The van der Waals surface area contributed by atoms with E-state index in [0.717, 1.165) is 81.2 Å². The molecule has 0 radical (unpaired) electrons. The second-order valence-electron chi connectivity index (χ2n) is 20.7. The number of carbonyl (C=O) groups excluding carboxylic acids is 1. The number of fused-ring (bicyclic) bond motifs is 3. The van der Waals surface area contributed by atoms with E-state index in [1.54, 1.807) is 12.3 Å². The van der Waals surface area contributed by atoms with Crippen LogP contribution in [0, 0.1) is 22.0 Å². The van der Waals surface area contributed by atoms with Crippen LogP contribution in [-0.4, -0.2) is 109 Å². The number of sulfonamides is 1. The van der Waals surface area contributed by atoms with Crippen molar-refractivity contribution in [2.24, 2.45) is 11.8 Å². The Kier molecular flexibility index (Phi) is 13.9. The van der Waals surface area contributed by atoms with Crippen LogP contribution in [0.3, 0.4) is 0 Å². The number of likely N-dealkylation sites (tertiary alicyclic amines) is 1. The third-order valence-corrected chi connectivity index (χ3v) is 16.6. The van der Waals surface area contributed by atoms with Crippen molar-refractivity contribution in [1.82, 2.24) is 19.6 Å². The van der Waals surface area contributed by atoms with Gasteiger partial charge in [-0.05, 0) is 145 Å². The van der Waals surface area contributed by atoms with Gasteiger partial charge < -0.3 is 39.4 Å². The molecule has 4 aliphatic heterocycles. The number of hydrogen-bond donors (Lipinski definition) is 4. The third kappa shape index (κ3) is 10.5. The van der Waals surface area contributed by atoms with Gasteiger partial charge in [-0.3, -0.25) is 19.8 Å². The lowest BCUT2D eigenvalue weighted by Crippen LogP contribution is -2.53. The Morgan fingerprint density at radius 2 is 1.77 bits per heavy atom. The van der Waals surface area contributed by atoms with Gasteiger partial charge in [0, 0.05) is 67.7 Å². The van der Waals surface area contributed by atoms with E-state index in [2.05, 4.69) is 67.8 Å². The summed E-state index contributed by atoms with van der Waals surface area (Å²) in [5, 5.41) is 26.7. The molecule has 5 aromatic rings. The summed E-state index contributed by atoms with van der Waals surface area (Å²) in [6.07, 6.45) is 10.2. The van der Waals surface area contributed by atoms with E-state index in [9.17, 15) is 28.4 Å². The number of pyridine rings is 1. The number of aliphatic hydroxyl groups is 1. The van der Waals surface area contributed by atoms with Gasteiger partial charge in [-0.1, -0.05) is 24.6 Å². The molecule has 1 saturated carbocycles. The number of aromatic amines is 1. The zero-order valence-electron chi connectivity index (χ0n) is 40.8. The largest absolute Gasteiger partial charge is 0.491 e. The van der Waals surface area contributed by atoms with Crippen LogP contribution >= 0.6 is 0 Å². The van der Waals surface area contributed by atoms with Crippen LogP contribution in [0.15, 0.2) is 83.9 Å². The van der Waals surface area contributed by atoms with Gasteiger partial charge in [0.2, 0.25) is 5.88 Å². The number of rotatable bonds is 14. The van der Waals surface area contributed by atoms with Crippen molar-refractivity contribution in [3.05, 3.63) is 100 Å². The molecule has 4 N–H and O–H groups in total. The van der Waals surface area contributed by atoms with Gasteiger partial charge in [0.15, 0.2) is 0 Å². The number of ether oxygens (including phenoxy) is 3. The minimum absolute atomic E-state index is 0.0909. The van der Waals surface area contributed by atoms with E-state index in [1.165, 1.54) is 30.5 Å². The normalized spacial score (nSPS) is 24.2. The minimum Gasteiger partial charge on any atom is -0.491 e. The van der Waals surface area contributed by atoms with Crippen molar-refractivity contribution in [2.75, 3.05) is 61.1 Å². The van der Waals surface area contributed by atoms with Crippen molar-refractivity contribution < 1.29 is 37.5 Å². The minimum atomic E-state index is -4.62. The molecule has 0 bridgehead atoms. The summed E-state index contributed by atoms with van der Waals surface area (Å²) in [6, 6.07) is 21.6. The monoisotopic (exact) mass is 990 g/mol. The molecule has 378 valence electrons. The van der Waals surface area contributed by atoms with Crippen LogP contribution in [-0.2, 0) is 14.8 Å². The molecule has 1 amide bonds. The molecule has 2 aromatic heterocycles. The number of para-hydroxylation sites is 1. The lowest BCUT2D eigenvalue weighted by atomic mass is 9.80. The number of anilines is 4. The summed E-state index contributed by atoms with van der Waals surface area (Å²) >= 11 is 0. The number of nitro groups is 1. The fourth-order valence-corrected chi connectivity index (χ4v) is 12.4. The SMILES string of the molecule is CC(C)Oc1ccccc1[C@@H]1CCCCN1CC1CCN(c2ccc(C(=O)NS(=O)(=O)c3ccc(NC[C@H]4CC[C@](C)(O)CC4)c([N+](=O)[O-])c3)c(N3c4cc5cc[nH]c5nc4O[C@H]4COCC[C@@H]43)c2)CC1. The quantitative estimate of drug-likeness (QED) is 0.0606. The second-order valence-corrected chi connectivity index (χ2v) is 22.4. The van der Waals surface area contributed by atoms with E-state index in [-0.39, 0.29) is 29.3 Å². The van der Waals surface area contributed by atoms with Gasteiger partial charge in [0.05, 0.1) is 45.4 Å². The Hall–Kier alpha value is -5.95. The van der Waals surface area contributed by atoms with E-state index in [1.807, 2.05) is 31.2 Å². The standard InChI is InChI=1S/C53H66N8O9S/c1-34(2)69-48-10-5-4-8-40(48)43-9-6-7-24-59(43)32-36-18-25-58(26-19-36)38-11-13-41(45(29-38)60-44-20-27-68-33-49(44)70-52-47(60)28-37-17-23-54-50(37)56-52)51(62)57-71(66,67)39-12-14-42(46(30-39)61(64)65)55-31-35-15-21-53(3,63)22-16-35/h4-5,8,10-14,17,23,28-30,34-36,43-44,49,55,63H,6-7,9,15-16,18-22,24-27,31-33H2,1-3H3,(H,54,56)(H,57,62)/t35-,43-,44-,49-,53-/m0/s1. The molecule has 5 aliphatic rings. The lowest BCUT2D eigenvalue weighted by Gasteiger charge is -2.45. The maximum Gasteiger partial charge on any atom is 0.293 e. The first-order chi connectivity index (χ1) is 34.2. The Morgan fingerprint density at radius 3 is 2.56 bits per heavy atom. The molecule has 10 rings (SSSR count). The van der Waals surface area contributed by atoms with Crippen LogP contribution in [0.4, 0.5) is 28.4 Å². The van der Waals surface area contributed by atoms with Crippen molar-refractivity contribution in [1.29, 1.82) is 0 Å². The smallest absolute Gasteiger partial charge is 0.293 e. The van der Waals surface area contributed by atoms with Crippen LogP contribution in [0.1, 0.15) is 107 Å². The zero-order valence-corrected chi connectivity index (χ0v) is 41.7. The molecule has 0 unspecified atom stereocenters. The van der Waals surface area contributed by atoms with Crippen molar-refractivity contribution in [2.45, 2.75) is 120 Å². The number of amides is 1. The van der Waals surface area contributed by atoms with Gasteiger partial charge in [-0.15, -0.1) is 0 Å². The second kappa shape index (κ2) is 20.3. The Morgan fingerprint density at radius 1 is 0.972 bits per heavy atom. The highest BCUT2D eigenvalue weighted by molar-refractivity contribution is 7.90. The fraction of sp³-hybridized carbons (Fsp3) is 0.509. The summed E-state index contributed by atoms with van der Waals surface area (Å²) in [4.78, 5) is 41.1. The molecule has 3 saturated heterocycles. The Bertz CT molecular complexity index is 2860. The van der Waals surface area contributed by atoms with Crippen molar-refractivity contribution >= 4 is 55.4 Å². The highest BCUT2D eigenvalue weighted by atomic mass is 32.2. The molecular formula is C53H66N8O9S. The Labute approximate surface area is 415 Å². The van der Waals surface area contributed by atoms with E-state index in [4.69, 9.17) is 19.2 Å².